The summed E-state index contributed by atoms with van der Waals surface area (Å²) in [4.78, 5) is 19.3. The Labute approximate surface area is 224 Å². The Bertz CT molecular complexity index is 1510. The quantitative estimate of drug-likeness (QED) is 0.226. The molecule has 4 aromatic rings. The molecule has 2 heterocycles. The number of rotatable bonds is 10. The number of hydrogen-bond donors (Lipinski definition) is 0. The molecule has 11 heteroatoms. The van der Waals surface area contributed by atoms with E-state index >= 15 is 0 Å². The van der Waals surface area contributed by atoms with Crippen molar-refractivity contribution in [1.82, 2.24) is 9.29 Å². The smallest absolute Gasteiger partial charge is 0.260 e. The summed E-state index contributed by atoms with van der Waals surface area (Å²) in [5, 5.41) is 0.155. The van der Waals surface area contributed by atoms with Crippen LogP contribution in [-0.4, -0.2) is 36.7 Å². The van der Waals surface area contributed by atoms with Gasteiger partial charge < -0.3 is 4.42 Å². The van der Waals surface area contributed by atoms with Crippen molar-refractivity contribution < 1.29 is 26.4 Å². The van der Waals surface area contributed by atoms with E-state index in [0.29, 0.717) is 18.8 Å². The van der Waals surface area contributed by atoms with E-state index in [1.54, 1.807) is 12.1 Å². The van der Waals surface area contributed by atoms with E-state index in [2.05, 4.69) is 4.98 Å². The Balaban J connectivity index is 1.68. The van der Waals surface area contributed by atoms with Crippen molar-refractivity contribution in [3.05, 3.63) is 77.8 Å². The second kappa shape index (κ2) is 11.3. The zero-order chi connectivity index (χ0) is 27.6. The van der Waals surface area contributed by atoms with Crippen LogP contribution < -0.4 is 4.90 Å². The maximum atomic E-state index is 14.3. The molecule has 0 fully saturated rings. The van der Waals surface area contributed by atoms with Crippen LogP contribution in [0.2, 0.25) is 0 Å². The van der Waals surface area contributed by atoms with Gasteiger partial charge in [0.15, 0.2) is 10.9 Å². The molecule has 0 saturated carbocycles. The van der Waals surface area contributed by atoms with E-state index in [0.717, 1.165) is 23.5 Å². The Morgan fingerprint density at radius 3 is 2.26 bits per heavy atom. The molecule has 0 aliphatic carbocycles. The lowest BCUT2D eigenvalue weighted by Crippen LogP contribution is -2.37. The maximum absolute atomic E-state index is 14.3. The maximum Gasteiger partial charge on any atom is 0.260 e. The summed E-state index contributed by atoms with van der Waals surface area (Å²) in [6, 6.07) is 11.0. The molecule has 0 spiro atoms. The number of amides is 1. The number of halogens is 2. The normalized spacial score (nSPS) is 12.2. The average Bonchev–Trinajstić information content (AvgIpc) is 3.51. The minimum Gasteiger partial charge on any atom is -0.467 e. The molecule has 2 aromatic heterocycles. The van der Waals surface area contributed by atoms with Crippen molar-refractivity contribution >= 4 is 42.6 Å². The van der Waals surface area contributed by atoms with E-state index in [1.807, 2.05) is 27.7 Å². The van der Waals surface area contributed by atoms with E-state index in [9.17, 15) is 22.0 Å². The number of sulfonamides is 1. The molecule has 38 heavy (non-hydrogen) atoms. The molecular weight excluding hydrogens is 532 g/mol. The monoisotopic (exact) mass is 561 g/mol. The Morgan fingerprint density at radius 1 is 1.03 bits per heavy atom. The zero-order valence-corrected chi connectivity index (χ0v) is 23.2. The number of anilines is 1. The van der Waals surface area contributed by atoms with Crippen molar-refractivity contribution in [2.75, 3.05) is 18.0 Å². The molecule has 7 nitrogen and oxygen atoms in total. The van der Waals surface area contributed by atoms with E-state index in [1.165, 1.54) is 39.7 Å². The summed E-state index contributed by atoms with van der Waals surface area (Å²) in [6.45, 7) is 8.59. The summed E-state index contributed by atoms with van der Waals surface area (Å²) in [7, 11) is -3.77. The fourth-order valence-electron chi connectivity index (χ4n) is 4.01. The number of benzene rings is 2. The molecule has 0 saturated heterocycles. The number of fused-ring (bicyclic) bond motifs is 1. The number of hydrogen-bond acceptors (Lipinski definition) is 6. The van der Waals surface area contributed by atoms with Crippen LogP contribution >= 0.6 is 11.3 Å². The minimum absolute atomic E-state index is 0.00758. The van der Waals surface area contributed by atoms with Gasteiger partial charge in [-0.3, -0.25) is 9.69 Å². The van der Waals surface area contributed by atoms with Crippen LogP contribution in [0, 0.1) is 23.5 Å². The fourth-order valence-corrected chi connectivity index (χ4v) is 6.77. The zero-order valence-electron chi connectivity index (χ0n) is 21.5. The molecule has 4 rings (SSSR count). The van der Waals surface area contributed by atoms with Crippen LogP contribution in [0.5, 0.6) is 0 Å². The molecule has 2 aromatic carbocycles. The summed E-state index contributed by atoms with van der Waals surface area (Å²) in [5.74, 6) is -1.31. The highest BCUT2D eigenvalue weighted by molar-refractivity contribution is 7.89. The summed E-state index contributed by atoms with van der Waals surface area (Å²) < 4.78 is 61.9. The highest BCUT2D eigenvalue weighted by Gasteiger charge is 2.28. The van der Waals surface area contributed by atoms with Gasteiger partial charge in [0.2, 0.25) is 10.0 Å². The molecule has 0 radical (unpaired) electrons. The van der Waals surface area contributed by atoms with Gasteiger partial charge in [-0.05, 0) is 54.3 Å². The number of carbonyl (C=O) groups is 1. The second-order valence-corrected chi connectivity index (χ2v) is 12.8. The third kappa shape index (κ3) is 6.11. The van der Waals surface area contributed by atoms with Gasteiger partial charge in [-0.15, -0.1) is 0 Å². The fraction of sp³-hybridized carbons (Fsp3) is 0.333. The van der Waals surface area contributed by atoms with E-state index in [-0.39, 0.29) is 44.2 Å². The van der Waals surface area contributed by atoms with Gasteiger partial charge in [-0.1, -0.05) is 39.0 Å². The third-order valence-electron chi connectivity index (χ3n) is 5.65. The number of thiazole rings is 1. The Morgan fingerprint density at radius 2 is 1.68 bits per heavy atom. The van der Waals surface area contributed by atoms with Crippen molar-refractivity contribution in [2.45, 2.75) is 39.1 Å². The van der Waals surface area contributed by atoms with Crippen LogP contribution in [0.25, 0.3) is 10.2 Å². The summed E-state index contributed by atoms with van der Waals surface area (Å²) in [6.07, 6.45) is 1.46. The lowest BCUT2D eigenvalue weighted by Gasteiger charge is -2.25. The van der Waals surface area contributed by atoms with Gasteiger partial charge in [0.1, 0.15) is 17.1 Å². The minimum atomic E-state index is -3.77. The van der Waals surface area contributed by atoms with Crippen molar-refractivity contribution in [1.29, 1.82) is 0 Å². The Kier molecular flexibility index (Phi) is 8.29. The topological polar surface area (TPSA) is 83.7 Å². The third-order valence-corrected chi connectivity index (χ3v) is 8.52. The first-order valence-corrected chi connectivity index (χ1v) is 14.4. The molecule has 0 aliphatic heterocycles. The first-order valence-electron chi connectivity index (χ1n) is 12.2. The van der Waals surface area contributed by atoms with Crippen LogP contribution in [-0.2, 0) is 16.6 Å². The van der Waals surface area contributed by atoms with E-state index < -0.39 is 27.6 Å². The first kappa shape index (κ1) is 27.9. The molecule has 0 bridgehead atoms. The number of carbonyl (C=O) groups excluding carboxylic acids is 1. The predicted molar refractivity (Wildman–Crippen MR) is 144 cm³/mol. The molecular formula is C27H29F2N3O4S2. The van der Waals surface area contributed by atoms with Gasteiger partial charge in [0.25, 0.3) is 5.91 Å². The van der Waals surface area contributed by atoms with Gasteiger partial charge in [-0.2, -0.15) is 4.31 Å². The van der Waals surface area contributed by atoms with Gasteiger partial charge in [0.05, 0.1) is 22.4 Å². The molecule has 1 amide bonds. The molecule has 0 N–H and O–H groups in total. The summed E-state index contributed by atoms with van der Waals surface area (Å²) >= 11 is 0.971. The lowest BCUT2D eigenvalue weighted by atomic mass is 10.2. The van der Waals surface area contributed by atoms with Gasteiger partial charge in [-0.25, -0.2) is 22.2 Å². The van der Waals surface area contributed by atoms with Crippen LogP contribution in [0.4, 0.5) is 13.9 Å². The molecule has 0 atom stereocenters. The summed E-state index contributed by atoms with van der Waals surface area (Å²) in [5.41, 5.74) is 0.168. The van der Waals surface area contributed by atoms with Crippen molar-refractivity contribution in [3.63, 3.8) is 0 Å². The first-order chi connectivity index (χ1) is 18.0. The molecule has 202 valence electrons. The average molecular weight is 562 g/mol. The Hall–Kier alpha value is -3.15. The highest BCUT2D eigenvalue weighted by atomic mass is 32.2. The van der Waals surface area contributed by atoms with Crippen LogP contribution in [0.1, 0.15) is 43.8 Å². The van der Waals surface area contributed by atoms with Crippen molar-refractivity contribution in [3.8, 4) is 0 Å². The number of nitrogens with zero attached hydrogens (tertiary/aromatic N) is 3. The van der Waals surface area contributed by atoms with Crippen LogP contribution in [0.3, 0.4) is 0 Å². The standard InChI is InChI=1S/C27H29F2N3O4S2/c1-17(2)14-31(15-18(3)4)38(34,35)22-9-7-19(8-10-22)26(33)32(16-21-6-5-11-36-21)27-30-25-23(29)12-20(28)13-24(25)37-27/h5-13,17-18H,14-16H2,1-4H3. The second-order valence-electron chi connectivity index (χ2n) is 9.84. The number of aromatic nitrogens is 1. The lowest BCUT2D eigenvalue weighted by molar-refractivity contribution is 0.0983. The predicted octanol–water partition coefficient (Wildman–Crippen LogP) is 6.32. The van der Waals surface area contributed by atoms with Crippen molar-refractivity contribution in [2.24, 2.45) is 11.8 Å². The van der Waals surface area contributed by atoms with Gasteiger partial charge in [0, 0.05) is 24.7 Å². The highest BCUT2D eigenvalue weighted by Crippen LogP contribution is 2.33. The molecule has 0 aliphatic rings. The van der Waals surface area contributed by atoms with Crippen LogP contribution in [0.15, 0.2) is 64.1 Å². The number of furan rings is 1. The van der Waals surface area contributed by atoms with E-state index in [4.69, 9.17) is 4.42 Å². The molecule has 0 unspecified atom stereocenters. The largest absolute Gasteiger partial charge is 0.467 e. The SMILES string of the molecule is CC(C)CN(CC(C)C)S(=O)(=O)c1ccc(C(=O)N(Cc2ccco2)c2nc3c(F)cc(F)cc3s2)cc1. The van der Waals surface area contributed by atoms with Gasteiger partial charge >= 0.3 is 0 Å².